The van der Waals surface area contributed by atoms with Gasteiger partial charge in [-0.2, -0.15) is 5.26 Å². The van der Waals surface area contributed by atoms with Gasteiger partial charge in [0.25, 0.3) is 0 Å². The van der Waals surface area contributed by atoms with Crippen molar-refractivity contribution in [1.29, 1.82) is 5.26 Å². The Hall–Kier alpha value is -3.57. The molecule has 7 nitrogen and oxygen atoms in total. The Morgan fingerprint density at radius 2 is 1.90 bits per heavy atom. The summed E-state index contributed by atoms with van der Waals surface area (Å²) < 4.78 is 10.6. The van der Waals surface area contributed by atoms with Crippen molar-refractivity contribution in [3.8, 4) is 17.6 Å². The fourth-order valence-corrected chi connectivity index (χ4v) is 3.51. The number of fused-ring (bicyclic) bond motifs is 1. The van der Waals surface area contributed by atoms with Gasteiger partial charge in [-0.3, -0.25) is 0 Å². The number of anilines is 2. The lowest BCUT2D eigenvalue weighted by Crippen LogP contribution is -2.32. The number of nitriles is 1. The highest BCUT2D eigenvalue weighted by molar-refractivity contribution is 7.80. The second-order valence-corrected chi connectivity index (χ2v) is 7.43. The normalized spacial score (nSPS) is 10.3. The summed E-state index contributed by atoms with van der Waals surface area (Å²) in [6, 6.07) is 13.7. The molecule has 0 bridgehead atoms. The molecule has 0 atom stereocenters. The van der Waals surface area contributed by atoms with Crippen molar-refractivity contribution in [1.82, 2.24) is 10.3 Å². The zero-order chi connectivity index (χ0) is 22.4. The highest BCUT2D eigenvalue weighted by Gasteiger charge is 2.10. The number of benzene rings is 2. The smallest absolute Gasteiger partial charge is 0.170 e. The Morgan fingerprint density at radius 1 is 1.10 bits per heavy atom. The van der Waals surface area contributed by atoms with E-state index in [4.69, 9.17) is 21.7 Å². The summed E-state index contributed by atoms with van der Waals surface area (Å²) in [4.78, 5) is 4.67. The summed E-state index contributed by atoms with van der Waals surface area (Å²) in [6.45, 7) is 5.15. The van der Waals surface area contributed by atoms with Crippen LogP contribution in [0.15, 0.2) is 36.4 Å². The van der Waals surface area contributed by atoms with Gasteiger partial charge in [0.15, 0.2) is 5.11 Å². The van der Waals surface area contributed by atoms with Gasteiger partial charge in [0, 0.05) is 24.5 Å². The van der Waals surface area contributed by atoms with Crippen molar-refractivity contribution in [2.24, 2.45) is 0 Å². The number of ether oxygens (including phenoxy) is 2. The first-order valence-corrected chi connectivity index (χ1v) is 10.2. The summed E-state index contributed by atoms with van der Waals surface area (Å²) in [6.07, 6.45) is 0. The molecule has 3 aromatic rings. The van der Waals surface area contributed by atoms with Crippen LogP contribution in [0.1, 0.15) is 16.7 Å². The van der Waals surface area contributed by atoms with E-state index in [1.54, 1.807) is 20.3 Å². The van der Waals surface area contributed by atoms with Gasteiger partial charge in [-0.15, -0.1) is 0 Å². The van der Waals surface area contributed by atoms with Gasteiger partial charge in [-0.25, -0.2) is 4.98 Å². The van der Waals surface area contributed by atoms with Crippen LogP contribution in [0.5, 0.6) is 11.5 Å². The van der Waals surface area contributed by atoms with E-state index in [0.717, 1.165) is 27.7 Å². The highest BCUT2D eigenvalue weighted by atomic mass is 32.1. The van der Waals surface area contributed by atoms with Gasteiger partial charge in [0.2, 0.25) is 0 Å². The standard InChI is InChI=1S/C23H25N5O2S/c1-14-9-15(2)21-16(10-14)11-17(13-24)22(28-21)25-7-8-26-23(31)27-19-6-5-18(29-3)12-20(19)30-4/h5-6,9-12H,7-8H2,1-4H3,(H,25,28)(H2,26,27,31). The molecule has 0 saturated heterocycles. The molecule has 2 aromatic carbocycles. The van der Waals surface area contributed by atoms with E-state index < -0.39 is 0 Å². The molecule has 0 aliphatic rings. The molecule has 0 unspecified atom stereocenters. The zero-order valence-corrected chi connectivity index (χ0v) is 18.8. The van der Waals surface area contributed by atoms with Crippen molar-refractivity contribution in [3.05, 3.63) is 53.1 Å². The summed E-state index contributed by atoms with van der Waals surface area (Å²) in [5.74, 6) is 1.90. The summed E-state index contributed by atoms with van der Waals surface area (Å²) in [5.41, 5.74) is 4.38. The number of nitrogens with one attached hydrogen (secondary N) is 3. The monoisotopic (exact) mass is 435 g/mol. The number of methoxy groups -OCH3 is 2. The SMILES string of the molecule is COc1ccc(NC(=S)NCCNc2nc3c(C)cc(C)cc3cc2C#N)c(OC)c1. The van der Waals surface area contributed by atoms with E-state index in [9.17, 15) is 5.26 Å². The number of rotatable bonds is 7. The molecule has 0 radical (unpaired) electrons. The zero-order valence-electron chi connectivity index (χ0n) is 18.0. The molecule has 1 heterocycles. The first-order valence-electron chi connectivity index (χ1n) is 9.78. The molecule has 0 fully saturated rings. The maximum atomic E-state index is 9.51. The minimum atomic E-state index is 0.462. The predicted molar refractivity (Wildman–Crippen MR) is 128 cm³/mol. The van der Waals surface area contributed by atoms with Crippen LogP contribution in [0, 0.1) is 25.2 Å². The third-order valence-electron chi connectivity index (χ3n) is 4.73. The molecule has 0 aliphatic carbocycles. The Kier molecular flexibility index (Phi) is 7.11. The van der Waals surface area contributed by atoms with Gasteiger partial charge < -0.3 is 25.4 Å². The Morgan fingerprint density at radius 3 is 2.61 bits per heavy atom. The van der Waals surface area contributed by atoms with Crippen molar-refractivity contribution in [2.45, 2.75) is 13.8 Å². The lowest BCUT2D eigenvalue weighted by Gasteiger charge is -2.15. The molecule has 8 heteroatoms. The van der Waals surface area contributed by atoms with Crippen LogP contribution >= 0.6 is 12.2 Å². The number of hydrogen-bond donors (Lipinski definition) is 3. The average molecular weight is 436 g/mol. The van der Waals surface area contributed by atoms with E-state index in [1.165, 1.54) is 0 Å². The summed E-state index contributed by atoms with van der Waals surface area (Å²) in [5, 5.41) is 20.4. The van der Waals surface area contributed by atoms with Crippen LogP contribution in [0.3, 0.4) is 0 Å². The number of aromatic nitrogens is 1. The molecule has 1 aromatic heterocycles. The molecule has 0 spiro atoms. The molecular weight excluding hydrogens is 410 g/mol. The molecule has 0 aliphatic heterocycles. The maximum Gasteiger partial charge on any atom is 0.170 e. The van der Waals surface area contributed by atoms with Crippen LogP contribution < -0.4 is 25.4 Å². The number of aryl methyl sites for hydroxylation is 2. The van der Waals surface area contributed by atoms with Crippen LogP contribution in [0.4, 0.5) is 11.5 Å². The van der Waals surface area contributed by atoms with Gasteiger partial charge in [0.1, 0.15) is 23.4 Å². The van der Waals surface area contributed by atoms with Crippen molar-refractivity contribution < 1.29 is 9.47 Å². The largest absolute Gasteiger partial charge is 0.497 e. The highest BCUT2D eigenvalue weighted by Crippen LogP contribution is 2.29. The molecule has 3 N–H and O–H groups in total. The van der Waals surface area contributed by atoms with Gasteiger partial charge in [0.05, 0.1) is 31.0 Å². The fourth-order valence-electron chi connectivity index (χ4n) is 3.30. The maximum absolute atomic E-state index is 9.51. The Labute approximate surface area is 187 Å². The van der Waals surface area contributed by atoms with Gasteiger partial charge >= 0.3 is 0 Å². The third kappa shape index (κ3) is 5.32. The number of nitrogens with zero attached hydrogens (tertiary/aromatic N) is 2. The Bertz CT molecular complexity index is 1160. The Balaban J connectivity index is 1.60. The van der Waals surface area contributed by atoms with Crippen molar-refractivity contribution >= 4 is 39.7 Å². The topological polar surface area (TPSA) is 91.2 Å². The molecule has 31 heavy (non-hydrogen) atoms. The first kappa shape index (κ1) is 22.1. The third-order valence-corrected chi connectivity index (χ3v) is 4.98. The van der Waals surface area contributed by atoms with E-state index in [0.29, 0.717) is 41.1 Å². The number of pyridine rings is 1. The number of hydrogen-bond acceptors (Lipinski definition) is 6. The van der Waals surface area contributed by atoms with Gasteiger partial charge in [-0.05, 0) is 55.9 Å². The summed E-state index contributed by atoms with van der Waals surface area (Å²) >= 11 is 5.37. The molecule has 160 valence electrons. The quantitative estimate of drug-likeness (QED) is 0.377. The molecular formula is C23H25N5O2S. The first-order chi connectivity index (χ1) is 14.9. The lowest BCUT2D eigenvalue weighted by atomic mass is 10.1. The minimum Gasteiger partial charge on any atom is -0.497 e. The van der Waals surface area contributed by atoms with E-state index >= 15 is 0 Å². The van der Waals surface area contributed by atoms with Crippen molar-refractivity contribution in [3.63, 3.8) is 0 Å². The molecule has 3 rings (SSSR count). The van der Waals surface area contributed by atoms with Gasteiger partial charge in [-0.1, -0.05) is 11.6 Å². The second kappa shape index (κ2) is 9.96. The van der Waals surface area contributed by atoms with E-state index in [-0.39, 0.29) is 0 Å². The van der Waals surface area contributed by atoms with E-state index in [1.807, 2.05) is 38.1 Å². The molecule has 0 amide bonds. The lowest BCUT2D eigenvalue weighted by molar-refractivity contribution is 0.395. The van der Waals surface area contributed by atoms with Crippen LogP contribution in [-0.4, -0.2) is 37.4 Å². The van der Waals surface area contributed by atoms with Crippen LogP contribution in [0.2, 0.25) is 0 Å². The van der Waals surface area contributed by atoms with Crippen LogP contribution in [0.25, 0.3) is 10.9 Å². The number of thiocarbonyl (C=S) groups is 1. The minimum absolute atomic E-state index is 0.462. The summed E-state index contributed by atoms with van der Waals surface area (Å²) in [7, 11) is 3.19. The van der Waals surface area contributed by atoms with E-state index in [2.05, 4.69) is 33.1 Å². The van der Waals surface area contributed by atoms with Crippen LogP contribution in [-0.2, 0) is 0 Å². The van der Waals surface area contributed by atoms with Crippen molar-refractivity contribution in [2.75, 3.05) is 37.9 Å². The predicted octanol–water partition coefficient (Wildman–Crippen LogP) is 4.14. The fraction of sp³-hybridized carbons (Fsp3) is 0.261. The molecule has 0 saturated carbocycles. The average Bonchev–Trinajstić information content (AvgIpc) is 2.76. The second-order valence-electron chi connectivity index (χ2n) is 7.02.